The monoisotopic (exact) mass is 184 g/mol. The second kappa shape index (κ2) is 3.95. The largest absolute Gasteiger partial charge is 0.380 e. The highest BCUT2D eigenvalue weighted by molar-refractivity contribution is 4.88. The number of hydrogen-bond acceptors (Lipinski definition) is 3. The van der Waals surface area contributed by atoms with Crippen LogP contribution in [0.4, 0.5) is 0 Å². The van der Waals surface area contributed by atoms with Crippen LogP contribution in [0.2, 0.25) is 0 Å². The van der Waals surface area contributed by atoms with Gasteiger partial charge in [-0.15, -0.1) is 0 Å². The van der Waals surface area contributed by atoms with Crippen LogP contribution < -0.4 is 5.73 Å². The zero-order chi connectivity index (χ0) is 9.26. The smallest absolute Gasteiger partial charge is 0.0622 e. The predicted octanol–water partition coefficient (Wildman–Crippen LogP) is 0.444. The molecular formula is C10H20N2O. The van der Waals surface area contributed by atoms with E-state index in [-0.39, 0.29) is 0 Å². The van der Waals surface area contributed by atoms with Gasteiger partial charge in [-0.3, -0.25) is 4.90 Å². The van der Waals surface area contributed by atoms with Crippen LogP contribution in [-0.2, 0) is 4.74 Å². The summed E-state index contributed by atoms with van der Waals surface area (Å²) in [4.78, 5) is 2.59. The predicted molar refractivity (Wildman–Crippen MR) is 52.6 cm³/mol. The molecule has 0 amide bonds. The Morgan fingerprint density at radius 2 is 2.38 bits per heavy atom. The van der Waals surface area contributed by atoms with Crippen molar-refractivity contribution in [2.45, 2.75) is 31.8 Å². The molecule has 0 spiro atoms. The van der Waals surface area contributed by atoms with Crippen molar-refractivity contribution in [2.75, 3.05) is 26.3 Å². The molecule has 3 heteroatoms. The molecule has 3 nitrogen and oxygen atoms in total. The lowest BCUT2D eigenvalue weighted by Gasteiger charge is -2.26. The molecule has 0 aromatic carbocycles. The average molecular weight is 184 g/mol. The summed E-state index contributed by atoms with van der Waals surface area (Å²) in [6.45, 7) is 6.22. The minimum Gasteiger partial charge on any atom is -0.380 e. The van der Waals surface area contributed by atoms with Gasteiger partial charge in [0.1, 0.15) is 0 Å². The van der Waals surface area contributed by atoms with E-state index >= 15 is 0 Å². The van der Waals surface area contributed by atoms with Crippen LogP contribution in [0.25, 0.3) is 0 Å². The van der Waals surface area contributed by atoms with Gasteiger partial charge in [-0.2, -0.15) is 0 Å². The molecule has 0 bridgehead atoms. The van der Waals surface area contributed by atoms with Crippen molar-refractivity contribution in [2.24, 2.45) is 11.7 Å². The first-order valence-electron chi connectivity index (χ1n) is 5.35. The van der Waals surface area contributed by atoms with E-state index in [1.54, 1.807) is 0 Å². The van der Waals surface area contributed by atoms with Crippen LogP contribution >= 0.6 is 0 Å². The summed E-state index contributed by atoms with van der Waals surface area (Å²) in [5.74, 6) is 0.718. The topological polar surface area (TPSA) is 38.5 Å². The number of likely N-dealkylation sites (tertiary alicyclic amines) is 1. The molecule has 3 unspecified atom stereocenters. The molecule has 0 radical (unpaired) electrons. The molecule has 76 valence electrons. The van der Waals surface area contributed by atoms with Gasteiger partial charge in [-0.1, -0.05) is 0 Å². The molecule has 0 aromatic heterocycles. The van der Waals surface area contributed by atoms with Gasteiger partial charge in [-0.25, -0.2) is 0 Å². The second-order valence-electron chi connectivity index (χ2n) is 4.40. The highest BCUT2D eigenvalue weighted by Crippen LogP contribution is 2.27. The molecule has 0 saturated carbocycles. The number of rotatable bonds is 2. The number of hydrogen-bond donors (Lipinski definition) is 1. The van der Waals surface area contributed by atoms with Gasteiger partial charge < -0.3 is 10.5 Å². The van der Waals surface area contributed by atoms with Crippen LogP contribution in [0.3, 0.4) is 0 Å². The fourth-order valence-electron chi connectivity index (χ4n) is 2.63. The Kier molecular flexibility index (Phi) is 2.86. The maximum atomic E-state index is 5.70. The van der Waals surface area contributed by atoms with Crippen LogP contribution in [0.1, 0.15) is 19.8 Å². The van der Waals surface area contributed by atoms with Crippen molar-refractivity contribution in [3.63, 3.8) is 0 Å². The molecule has 13 heavy (non-hydrogen) atoms. The molecule has 2 N–H and O–H groups in total. The summed E-state index contributed by atoms with van der Waals surface area (Å²) in [6, 6.07) is 1.38. The Hall–Kier alpha value is -0.120. The molecular weight excluding hydrogens is 164 g/mol. The standard InChI is InChI=1S/C10H20N2O/c1-8-4-9(5-11)6-12(8)10-2-3-13-7-10/h8-10H,2-7,11H2,1H3. The van der Waals surface area contributed by atoms with E-state index in [1.165, 1.54) is 19.4 Å². The zero-order valence-electron chi connectivity index (χ0n) is 8.41. The van der Waals surface area contributed by atoms with E-state index in [1.807, 2.05) is 0 Å². The van der Waals surface area contributed by atoms with Crippen molar-refractivity contribution in [3.8, 4) is 0 Å². The molecule has 0 aromatic rings. The number of ether oxygens (including phenoxy) is 1. The molecule has 2 aliphatic rings. The Morgan fingerprint density at radius 1 is 1.54 bits per heavy atom. The van der Waals surface area contributed by atoms with Crippen molar-refractivity contribution >= 4 is 0 Å². The van der Waals surface area contributed by atoms with E-state index in [9.17, 15) is 0 Å². The van der Waals surface area contributed by atoms with Crippen LogP contribution in [0, 0.1) is 5.92 Å². The minimum atomic E-state index is 0.673. The Labute approximate surface area is 80.2 Å². The Balaban J connectivity index is 1.91. The average Bonchev–Trinajstić information content (AvgIpc) is 2.72. The second-order valence-corrected chi connectivity index (χ2v) is 4.40. The molecule has 2 fully saturated rings. The van der Waals surface area contributed by atoms with Crippen molar-refractivity contribution in [1.82, 2.24) is 4.90 Å². The van der Waals surface area contributed by atoms with E-state index in [4.69, 9.17) is 10.5 Å². The Bertz CT molecular complexity index is 168. The zero-order valence-corrected chi connectivity index (χ0v) is 8.41. The van der Waals surface area contributed by atoms with Crippen LogP contribution in [-0.4, -0.2) is 43.3 Å². The van der Waals surface area contributed by atoms with Gasteiger partial charge in [0.2, 0.25) is 0 Å². The summed E-state index contributed by atoms with van der Waals surface area (Å²) in [5.41, 5.74) is 5.70. The first kappa shape index (κ1) is 9.44. The van der Waals surface area contributed by atoms with Crippen molar-refractivity contribution in [1.29, 1.82) is 0 Å². The summed E-state index contributed by atoms with van der Waals surface area (Å²) < 4.78 is 5.41. The summed E-state index contributed by atoms with van der Waals surface area (Å²) in [6.07, 6.45) is 2.48. The van der Waals surface area contributed by atoms with Gasteiger partial charge >= 0.3 is 0 Å². The lowest BCUT2D eigenvalue weighted by molar-refractivity contribution is 0.138. The van der Waals surface area contributed by atoms with Crippen LogP contribution in [0.5, 0.6) is 0 Å². The van der Waals surface area contributed by atoms with E-state index in [0.29, 0.717) is 12.1 Å². The van der Waals surface area contributed by atoms with Gasteiger partial charge in [0, 0.05) is 25.2 Å². The van der Waals surface area contributed by atoms with Crippen molar-refractivity contribution < 1.29 is 4.74 Å². The highest BCUT2D eigenvalue weighted by atomic mass is 16.5. The van der Waals surface area contributed by atoms with E-state index in [2.05, 4.69) is 11.8 Å². The van der Waals surface area contributed by atoms with Gasteiger partial charge in [0.15, 0.2) is 0 Å². The SMILES string of the molecule is CC1CC(CN)CN1C1CCOC1. The third kappa shape index (κ3) is 1.87. The quantitative estimate of drug-likeness (QED) is 0.677. The number of nitrogens with zero attached hydrogens (tertiary/aromatic N) is 1. The lowest BCUT2D eigenvalue weighted by Crippen LogP contribution is -2.38. The van der Waals surface area contributed by atoms with E-state index in [0.717, 1.165) is 25.7 Å². The fraction of sp³-hybridized carbons (Fsp3) is 1.00. The molecule has 0 aliphatic carbocycles. The van der Waals surface area contributed by atoms with E-state index < -0.39 is 0 Å². The first-order valence-corrected chi connectivity index (χ1v) is 5.35. The van der Waals surface area contributed by atoms with Crippen molar-refractivity contribution in [3.05, 3.63) is 0 Å². The molecule has 2 aliphatic heterocycles. The maximum Gasteiger partial charge on any atom is 0.0622 e. The third-order valence-electron chi connectivity index (χ3n) is 3.42. The molecule has 2 rings (SSSR count). The molecule has 2 saturated heterocycles. The summed E-state index contributed by atoms with van der Waals surface area (Å²) in [7, 11) is 0. The fourth-order valence-corrected chi connectivity index (χ4v) is 2.63. The number of nitrogens with two attached hydrogens (primary N) is 1. The third-order valence-corrected chi connectivity index (χ3v) is 3.42. The van der Waals surface area contributed by atoms with Crippen LogP contribution in [0.15, 0.2) is 0 Å². The minimum absolute atomic E-state index is 0.673. The molecule has 2 heterocycles. The normalized spacial score (nSPS) is 41.5. The molecule has 3 atom stereocenters. The van der Waals surface area contributed by atoms with Gasteiger partial charge in [-0.05, 0) is 32.2 Å². The Morgan fingerprint density at radius 3 is 2.92 bits per heavy atom. The summed E-state index contributed by atoms with van der Waals surface area (Å²) >= 11 is 0. The van der Waals surface area contributed by atoms with Gasteiger partial charge in [0.25, 0.3) is 0 Å². The lowest BCUT2D eigenvalue weighted by atomic mass is 10.1. The maximum absolute atomic E-state index is 5.70. The first-order chi connectivity index (χ1) is 6.31. The summed E-state index contributed by atoms with van der Waals surface area (Å²) in [5, 5.41) is 0. The highest BCUT2D eigenvalue weighted by Gasteiger charge is 2.34. The van der Waals surface area contributed by atoms with Gasteiger partial charge in [0.05, 0.1) is 6.61 Å².